The minimum absolute atomic E-state index is 0.0833. The van der Waals surface area contributed by atoms with Crippen LogP contribution in [0.25, 0.3) is 0 Å². The van der Waals surface area contributed by atoms with E-state index in [9.17, 15) is 9.18 Å². The number of nitrogens with zero attached hydrogens (tertiary/aromatic N) is 1. The van der Waals surface area contributed by atoms with Gasteiger partial charge < -0.3 is 5.11 Å². The Hall–Kier alpha value is -1.88. The van der Waals surface area contributed by atoms with Crippen molar-refractivity contribution in [1.82, 2.24) is 4.98 Å². The highest BCUT2D eigenvalue weighted by atomic mass is 32.2. The SMILES string of the molecule is O=C(O)c1ccc(F)c(SCc2ccccn2)c1. The third-order valence-electron chi connectivity index (χ3n) is 2.28. The van der Waals surface area contributed by atoms with Crippen LogP contribution >= 0.6 is 11.8 Å². The van der Waals surface area contributed by atoms with E-state index in [-0.39, 0.29) is 5.56 Å². The van der Waals surface area contributed by atoms with Gasteiger partial charge in [-0.2, -0.15) is 0 Å². The summed E-state index contributed by atoms with van der Waals surface area (Å²) in [4.78, 5) is 15.2. The first kappa shape index (κ1) is 12.6. The molecule has 0 amide bonds. The van der Waals surface area contributed by atoms with Crippen LogP contribution in [0.2, 0.25) is 0 Å². The Balaban J connectivity index is 2.14. The van der Waals surface area contributed by atoms with Crippen LogP contribution in [0.15, 0.2) is 47.5 Å². The van der Waals surface area contributed by atoms with Crippen molar-refractivity contribution in [2.45, 2.75) is 10.6 Å². The second-order valence-electron chi connectivity index (χ2n) is 3.56. The van der Waals surface area contributed by atoms with Crippen LogP contribution in [0, 0.1) is 5.82 Å². The fourth-order valence-electron chi connectivity index (χ4n) is 1.38. The van der Waals surface area contributed by atoms with Gasteiger partial charge in [0, 0.05) is 16.8 Å². The summed E-state index contributed by atoms with van der Waals surface area (Å²) in [6.45, 7) is 0. The highest BCUT2D eigenvalue weighted by molar-refractivity contribution is 7.98. The van der Waals surface area contributed by atoms with Gasteiger partial charge in [-0.3, -0.25) is 4.98 Å². The number of rotatable bonds is 4. The van der Waals surface area contributed by atoms with Gasteiger partial charge in [0.1, 0.15) is 5.82 Å². The smallest absolute Gasteiger partial charge is 0.335 e. The summed E-state index contributed by atoms with van der Waals surface area (Å²) in [6, 6.07) is 9.26. The maximum absolute atomic E-state index is 13.5. The third-order valence-corrected chi connectivity index (χ3v) is 3.34. The molecule has 0 fully saturated rings. The van der Waals surface area contributed by atoms with Gasteiger partial charge in [0.15, 0.2) is 0 Å². The number of pyridine rings is 1. The summed E-state index contributed by atoms with van der Waals surface area (Å²) >= 11 is 1.23. The lowest BCUT2D eigenvalue weighted by Crippen LogP contribution is -1.97. The number of hydrogen-bond acceptors (Lipinski definition) is 3. The van der Waals surface area contributed by atoms with Gasteiger partial charge >= 0.3 is 5.97 Å². The molecule has 0 aliphatic heterocycles. The van der Waals surface area contributed by atoms with Crippen LogP contribution in [-0.4, -0.2) is 16.1 Å². The topological polar surface area (TPSA) is 50.2 Å². The predicted molar refractivity (Wildman–Crippen MR) is 67.2 cm³/mol. The first-order valence-electron chi connectivity index (χ1n) is 5.22. The maximum Gasteiger partial charge on any atom is 0.335 e. The molecular weight excluding hydrogens is 253 g/mol. The van der Waals surface area contributed by atoms with E-state index in [1.165, 1.54) is 30.0 Å². The molecule has 1 heterocycles. The molecule has 0 saturated heterocycles. The van der Waals surface area contributed by atoms with E-state index in [0.717, 1.165) is 5.69 Å². The minimum Gasteiger partial charge on any atom is -0.478 e. The molecule has 2 aromatic rings. The fourth-order valence-corrected chi connectivity index (χ4v) is 2.27. The van der Waals surface area contributed by atoms with E-state index in [1.807, 2.05) is 12.1 Å². The third kappa shape index (κ3) is 3.07. The lowest BCUT2D eigenvalue weighted by molar-refractivity contribution is 0.0696. The Labute approximate surface area is 108 Å². The molecule has 0 unspecified atom stereocenters. The molecule has 2 rings (SSSR count). The van der Waals surface area contributed by atoms with Crippen LogP contribution in [-0.2, 0) is 5.75 Å². The molecule has 3 nitrogen and oxygen atoms in total. The molecule has 0 aliphatic carbocycles. The molecule has 18 heavy (non-hydrogen) atoms. The van der Waals surface area contributed by atoms with Gasteiger partial charge in [-0.25, -0.2) is 9.18 Å². The molecule has 0 spiro atoms. The van der Waals surface area contributed by atoms with Crippen LogP contribution < -0.4 is 0 Å². The van der Waals surface area contributed by atoms with E-state index in [0.29, 0.717) is 10.6 Å². The Morgan fingerprint density at radius 1 is 1.33 bits per heavy atom. The molecule has 0 saturated carbocycles. The average Bonchev–Trinajstić information content (AvgIpc) is 2.38. The van der Waals surface area contributed by atoms with Gasteiger partial charge in [-0.15, -0.1) is 11.8 Å². The first-order chi connectivity index (χ1) is 8.66. The minimum atomic E-state index is -1.06. The number of halogens is 1. The van der Waals surface area contributed by atoms with Crippen molar-refractivity contribution in [3.05, 3.63) is 59.7 Å². The van der Waals surface area contributed by atoms with Gasteiger partial charge in [-0.1, -0.05) is 6.07 Å². The highest BCUT2D eigenvalue weighted by Crippen LogP contribution is 2.25. The van der Waals surface area contributed by atoms with Crippen LogP contribution in [0.3, 0.4) is 0 Å². The van der Waals surface area contributed by atoms with E-state index in [2.05, 4.69) is 4.98 Å². The molecule has 1 aromatic heterocycles. The Morgan fingerprint density at radius 2 is 2.17 bits per heavy atom. The van der Waals surface area contributed by atoms with E-state index < -0.39 is 11.8 Å². The second kappa shape index (κ2) is 5.64. The van der Waals surface area contributed by atoms with Crippen molar-refractivity contribution in [2.75, 3.05) is 0 Å². The van der Waals surface area contributed by atoms with Crippen LogP contribution in [0.1, 0.15) is 16.1 Å². The van der Waals surface area contributed by atoms with E-state index in [4.69, 9.17) is 5.11 Å². The number of benzene rings is 1. The van der Waals surface area contributed by atoms with E-state index >= 15 is 0 Å². The lowest BCUT2D eigenvalue weighted by atomic mass is 10.2. The number of hydrogen-bond donors (Lipinski definition) is 1. The standard InChI is InChI=1S/C13H10FNO2S/c14-11-5-4-9(13(16)17)7-12(11)18-8-10-3-1-2-6-15-10/h1-7H,8H2,(H,16,17). The van der Waals surface area contributed by atoms with E-state index in [1.54, 1.807) is 12.3 Å². The van der Waals surface area contributed by atoms with Crippen molar-refractivity contribution in [1.29, 1.82) is 0 Å². The molecule has 0 bridgehead atoms. The molecule has 92 valence electrons. The van der Waals surface area contributed by atoms with Crippen molar-refractivity contribution in [2.24, 2.45) is 0 Å². The maximum atomic E-state index is 13.5. The summed E-state index contributed by atoms with van der Waals surface area (Å²) in [7, 11) is 0. The number of carboxylic acids is 1. The molecule has 0 aliphatic rings. The number of aromatic carboxylic acids is 1. The summed E-state index contributed by atoms with van der Waals surface area (Å²) < 4.78 is 13.5. The molecule has 0 atom stereocenters. The monoisotopic (exact) mass is 263 g/mol. The van der Waals surface area contributed by atoms with Crippen molar-refractivity contribution in [3.63, 3.8) is 0 Å². The summed E-state index contributed by atoms with van der Waals surface area (Å²) in [5.74, 6) is -0.975. The molecule has 5 heteroatoms. The van der Waals surface area contributed by atoms with Crippen molar-refractivity contribution >= 4 is 17.7 Å². The highest BCUT2D eigenvalue weighted by Gasteiger charge is 2.09. The number of carboxylic acid groups (broad SMARTS) is 1. The number of carbonyl (C=O) groups is 1. The molecule has 1 N–H and O–H groups in total. The van der Waals surface area contributed by atoms with Gasteiger partial charge in [0.05, 0.1) is 11.3 Å². The van der Waals surface area contributed by atoms with Crippen LogP contribution in [0.5, 0.6) is 0 Å². The quantitative estimate of drug-likeness (QED) is 0.860. The zero-order chi connectivity index (χ0) is 13.0. The normalized spacial score (nSPS) is 10.3. The Bertz CT molecular complexity index is 560. The lowest BCUT2D eigenvalue weighted by Gasteiger charge is -2.04. The van der Waals surface area contributed by atoms with Crippen molar-refractivity contribution in [3.8, 4) is 0 Å². The molecule has 1 aromatic carbocycles. The zero-order valence-electron chi connectivity index (χ0n) is 9.34. The summed E-state index contributed by atoms with van der Waals surface area (Å²) in [6.07, 6.45) is 1.67. The second-order valence-corrected chi connectivity index (χ2v) is 4.58. The Kier molecular flexibility index (Phi) is 3.94. The fraction of sp³-hybridized carbons (Fsp3) is 0.0769. The Morgan fingerprint density at radius 3 is 2.83 bits per heavy atom. The van der Waals surface area contributed by atoms with Crippen LogP contribution in [0.4, 0.5) is 4.39 Å². The largest absolute Gasteiger partial charge is 0.478 e. The number of aromatic nitrogens is 1. The zero-order valence-corrected chi connectivity index (χ0v) is 10.2. The van der Waals surface area contributed by atoms with Crippen molar-refractivity contribution < 1.29 is 14.3 Å². The first-order valence-corrected chi connectivity index (χ1v) is 6.21. The average molecular weight is 263 g/mol. The molecular formula is C13H10FNO2S. The molecule has 0 radical (unpaired) electrons. The predicted octanol–water partition coefficient (Wildman–Crippen LogP) is 3.21. The summed E-state index contributed by atoms with van der Waals surface area (Å²) in [5, 5.41) is 8.84. The summed E-state index contributed by atoms with van der Waals surface area (Å²) in [5.41, 5.74) is 0.905. The van der Waals surface area contributed by atoms with Gasteiger partial charge in [0.25, 0.3) is 0 Å². The van der Waals surface area contributed by atoms with Gasteiger partial charge in [0.2, 0.25) is 0 Å². The number of thioether (sulfide) groups is 1. The van der Waals surface area contributed by atoms with Gasteiger partial charge in [-0.05, 0) is 30.3 Å².